The molecule has 1 aromatic carbocycles. The van der Waals surface area contributed by atoms with Gasteiger partial charge in [0.25, 0.3) is 15.9 Å². The average molecular weight is 577 g/mol. The zero-order valence-electron chi connectivity index (χ0n) is 20.1. The van der Waals surface area contributed by atoms with Gasteiger partial charge in [0.05, 0.1) is 10.0 Å². The lowest BCUT2D eigenvalue weighted by molar-refractivity contribution is -0.247. The zero-order chi connectivity index (χ0) is 25.8. The van der Waals surface area contributed by atoms with Crippen LogP contribution in [0, 0.1) is 0 Å². The molecule has 10 nitrogen and oxygen atoms in total. The van der Waals surface area contributed by atoms with Gasteiger partial charge in [-0.2, -0.15) is 0 Å². The molecule has 204 valence electrons. The summed E-state index contributed by atoms with van der Waals surface area (Å²) in [5.41, 5.74) is 2.26. The Hall–Kier alpha value is -1.02. The number of fused-ring (bicyclic) bond motifs is 3. The molecular formula is C24H30Cl2N2O8S. The van der Waals surface area contributed by atoms with Gasteiger partial charge in [-0.25, -0.2) is 8.42 Å². The lowest BCUT2D eigenvalue weighted by Gasteiger charge is -2.36. The number of benzene rings is 1. The van der Waals surface area contributed by atoms with Crippen molar-refractivity contribution in [2.45, 2.75) is 111 Å². The summed E-state index contributed by atoms with van der Waals surface area (Å²) in [6.45, 7) is 0. The van der Waals surface area contributed by atoms with Crippen LogP contribution in [0.2, 0.25) is 10.0 Å². The van der Waals surface area contributed by atoms with Crippen molar-refractivity contribution in [1.82, 2.24) is 10.3 Å². The van der Waals surface area contributed by atoms with Gasteiger partial charge in [-0.15, -0.1) is 4.83 Å². The number of halogens is 2. The summed E-state index contributed by atoms with van der Waals surface area (Å²) in [5, 5.41) is -0.0755. The molecule has 1 aromatic rings. The highest BCUT2D eigenvalue weighted by molar-refractivity contribution is 7.89. The van der Waals surface area contributed by atoms with E-state index in [4.69, 9.17) is 46.9 Å². The monoisotopic (exact) mass is 576 g/mol. The molecule has 0 radical (unpaired) electrons. The van der Waals surface area contributed by atoms with Gasteiger partial charge in [-0.3, -0.25) is 10.2 Å². The van der Waals surface area contributed by atoms with E-state index in [-0.39, 0.29) is 14.9 Å². The Bertz CT molecular complexity index is 1160. The summed E-state index contributed by atoms with van der Waals surface area (Å²) in [4.78, 5) is 15.2. The van der Waals surface area contributed by atoms with Crippen molar-refractivity contribution in [3.63, 3.8) is 0 Å². The van der Waals surface area contributed by atoms with Crippen molar-refractivity contribution >= 4 is 39.1 Å². The first kappa shape index (κ1) is 26.2. The van der Waals surface area contributed by atoms with E-state index in [1.54, 1.807) is 0 Å². The second kappa shape index (κ2) is 9.87. The average Bonchev–Trinajstić information content (AvgIpc) is 3.42. The highest BCUT2D eigenvalue weighted by Crippen LogP contribution is 2.50. The molecule has 0 unspecified atom stereocenters. The van der Waals surface area contributed by atoms with E-state index in [1.165, 1.54) is 18.2 Å². The van der Waals surface area contributed by atoms with Crippen LogP contribution in [0.1, 0.15) is 64.2 Å². The Morgan fingerprint density at radius 2 is 1.43 bits per heavy atom. The number of carbonyl (C=O) groups excluding carboxylic acids is 1. The summed E-state index contributed by atoms with van der Waals surface area (Å²) in [5.74, 6) is -2.32. The van der Waals surface area contributed by atoms with E-state index in [9.17, 15) is 13.2 Å². The molecule has 2 saturated carbocycles. The number of hydrogen-bond acceptors (Lipinski definition) is 8. The van der Waals surface area contributed by atoms with Crippen LogP contribution in [0.5, 0.6) is 0 Å². The Kier molecular flexibility index (Phi) is 6.99. The molecule has 1 amide bonds. The number of rotatable bonds is 4. The summed E-state index contributed by atoms with van der Waals surface area (Å²) < 4.78 is 57.4. The normalized spacial score (nSPS) is 34.3. The SMILES string of the molecule is O=C(NNS(=O)(=O)c1cccc(Cl)c1Cl)[C@H]1O[C@H]2OC3(CCCCC3)O[C@@H]2[C@H]2OC3(CCCCC3)O[C@@H]21. The fourth-order valence-electron chi connectivity index (χ4n) is 6.10. The Morgan fingerprint density at radius 3 is 2.11 bits per heavy atom. The lowest BCUT2D eigenvalue weighted by atomic mass is 9.94. The Morgan fingerprint density at radius 1 is 0.838 bits per heavy atom. The number of nitrogens with one attached hydrogen (secondary N) is 2. The fourth-order valence-corrected chi connectivity index (χ4v) is 7.71. The van der Waals surface area contributed by atoms with Crippen molar-refractivity contribution in [2.75, 3.05) is 0 Å². The number of sulfonamides is 1. The van der Waals surface area contributed by atoms with Crippen LogP contribution in [0.4, 0.5) is 0 Å². The molecule has 0 aromatic heterocycles. The van der Waals surface area contributed by atoms with E-state index >= 15 is 0 Å². The smallest absolute Gasteiger partial charge is 0.267 e. The lowest BCUT2D eigenvalue weighted by Crippen LogP contribution is -2.61. The molecule has 2 N–H and O–H groups in total. The van der Waals surface area contributed by atoms with Gasteiger partial charge in [-0.1, -0.05) is 42.1 Å². The van der Waals surface area contributed by atoms with Crippen LogP contribution in [0.15, 0.2) is 23.1 Å². The Labute approximate surface area is 225 Å². The van der Waals surface area contributed by atoms with Crippen LogP contribution < -0.4 is 10.3 Å². The molecule has 5 aliphatic rings. The van der Waals surface area contributed by atoms with Crippen molar-refractivity contribution in [1.29, 1.82) is 0 Å². The van der Waals surface area contributed by atoms with E-state index in [0.29, 0.717) is 12.8 Å². The minimum atomic E-state index is -4.22. The summed E-state index contributed by atoms with van der Waals surface area (Å²) in [7, 11) is -4.22. The van der Waals surface area contributed by atoms with Crippen molar-refractivity contribution < 1.29 is 36.9 Å². The number of hydrogen-bond donors (Lipinski definition) is 2. The fraction of sp³-hybridized carbons (Fsp3) is 0.708. The largest absolute Gasteiger partial charge is 0.341 e. The van der Waals surface area contributed by atoms with Crippen LogP contribution in [0.25, 0.3) is 0 Å². The predicted octanol–water partition coefficient (Wildman–Crippen LogP) is 3.55. The zero-order valence-corrected chi connectivity index (χ0v) is 22.4. The molecule has 2 spiro atoms. The Balaban J connectivity index is 1.23. The maximum Gasteiger partial charge on any atom is 0.267 e. The maximum atomic E-state index is 13.3. The quantitative estimate of drug-likeness (QED) is 0.522. The summed E-state index contributed by atoms with van der Waals surface area (Å²) in [6, 6.07) is 4.20. The summed E-state index contributed by atoms with van der Waals surface area (Å²) >= 11 is 12.0. The molecule has 13 heteroatoms. The first-order chi connectivity index (χ1) is 17.7. The highest BCUT2D eigenvalue weighted by atomic mass is 35.5. The van der Waals surface area contributed by atoms with Crippen LogP contribution >= 0.6 is 23.2 Å². The molecular weight excluding hydrogens is 547 g/mol. The van der Waals surface area contributed by atoms with Gasteiger partial charge < -0.3 is 23.7 Å². The topological polar surface area (TPSA) is 121 Å². The molecule has 3 heterocycles. The molecule has 2 aliphatic carbocycles. The van der Waals surface area contributed by atoms with Crippen molar-refractivity contribution in [3.05, 3.63) is 28.2 Å². The van der Waals surface area contributed by atoms with E-state index in [2.05, 4.69) is 10.3 Å². The van der Waals surface area contributed by atoms with Gasteiger partial charge in [0.1, 0.15) is 23.2 Å². The van der Waals surface area contributed by atoms with Crippen LogP contribution in [-0.2, 0) is 38.5 Å². The third-order valence-electron chi connectivity index (χ3n) is 7.88. The number of carbonyl (C=O) groups is 1. The minimum Gasteiger partial charge on any atom is -0.341 e. The van der Waals surface area contributed by atoms with E-state index < -0.39 is 58.2 Å². The van der Waals surface area contributed by atoms with Gasteiger partial charge in [0.15, 0.2) is 24.0 Å². The van der Waals surface area contributed by atoms with Crippen molar-refractivity contribution in [3.8, 4) is 0 Å². The first-order valence-electron chi connectivity index (χ1n) is 12.8. The highest BCUT2D eigenvalue weighted by Gasteiger charge is 2.65. The molecule has 6 rings (SSSR count). The third-order valence-corrected chi connectivity index (χ3v) is 10.1. The van der Waals surface area contributed by atoms with E-state index in [1.807, 2.05) is 0 Å². The molecule has 37 heavy (non-hydrogen) atoms. The standard InChI is InChI=1S/C24H30Cl2N2O8S/c25-14-8-7-9-15(16(14)26)37(30,31)28-27-21(29)19-17-18(34-23(33-17)10-3-1-4-11-23)20-22(32-19)36-24(35-20)12-5-2-6-13-24/h7-9,17-20,22,28H,1-6,10-13H2,(H,27,29)/t17-,18-,19-,20+,22-/m0/s1. The number of hydrazine groups is 1. The van der Waals surface area contributed by atoms with Gasteiger partial charge in [0, 0.05) is 25.7 Å². The molecule has 0 bridgehead atoms. The van der Waals surface area contributed by atoms with Gasteiger partial charge >= 0.3 is 0 Å². The second-order valence-electron chi connectivity index (χ2n) is 10.4. The molecule has 3 aliphatic heterocycles. The van der Waals surface area contributed by atoms with Gasteiger partial charge in [0.2, 0.25) is 0 Å². The van der Waals surface area contributed by atoms with Crippen LogP contribution in [-0.4, -0.2) is 56.6 Å². The summed E-state index contributed by atoms with van der Waals surface area (Å²) in [6.07, 6.45) is 5.00. The number of amides is 1. The second-order valence-corrected chi connectivity index (χ2v) is 12.8. The maximum absolute atomic E-state index is 13.3. The molecule has 5 atom stereocenters. The van der Waals surface area contributed by atoms with Crippen molar-refractivity contribution in [2.24, 2.45) is 0 Å². The van der Waals surface area contributed by atoms with E-state index in [0.717, 1.165) is 51.4 Å². The first-order valence-corrected chi connectivity index (χ1v) is 15.1. The molecule has 5 fully saturated rings. The van der Waals surface area contributed by atoms with Gasteiger partial charge in [-0.05, 0) is 37.8 Å². The molecule has 3 saturated heterocycles. The third kappa shape index (κ3) is 4.81. The number of ether oxygens (including phenoxy) is 5. The van der Waals surface area contributed by atoms with Crippen LogP contribution in [0.3, 0.4) is 0 Å². The minimum absolute atomic E-state index is 0.0738. The predicted molar refractivity (Wildman–Crippen MR) is 131 cm³/mol.